The molecule has 2 aromatic rings. The van der Waals surface area contributed by atoms with Crippen LogP contribution in [0.1, 0.15) is 30.8 Å². The van der Waals surface area contributed by atoms with Gasteiger partial charge in [-0.1, -0.05) is 0 Å². The van der Waals surface area contributed by atoms with Gasteiger partial charge in [0, 0.05) is 48.5 Å². The van der Waals surface area contributed by atoms with Crippen molar-refractivity contribution in [1.29, 1.82) is 0 Å². The van der Waals surface area contributed by atoms with Gasteiger partial charge in [-0.3, -0.25) is 19.2 Å². The van der Waals surface area contributed by atoms with Gasteiger partial charge in [0.1, 0.15) is 5.69 Å². The van der Waals surface area contributed by atoms with Crippen LogP contribution in [0.25, 0.3) is 10.9 Å². The summed E-state index contributed by atoms with van der Waals surface area (Å²) in [6, 6.07) is 3.43. The van der Waals surface area contributed by atoms with Crippen LogP contribution in [0.2, 0.25) is 0 Å². The van der Waals surface area contributed by atoms with E-state index >= 15 is 0 Å². The van der Waals surface area contributed by atoms with Crippen molar-refractivity contribution < 1.29 is 38.1 Å². The van der Waals surface area contributed by atoms with Crippen molar-refractivity contribution in [2.45, 2.75) is 26.0 Å². The molecule has 1 unspecified atom stereocenters. The number of aromatic nitrogens is 1. The number of ether oxygens (including phenoxy) is 4. The Morgan fingerprint density at radius 1 is 1.08 bits per heavy atom. The summed E-state index contributed by atoms with van der Waals surface area (Å²) in [6.07, 6.45) is 2.05. The lowest BCUT2D eigenvalue weighted by Crippen LogP contribution is -2.48. The molecular formula is C26H25N3O8. The molecule has 11 nitrogen and oxygen atoms in total. The smallest absolute Gasteiger partial charge is 0.305 e. The van der Waals surface area contributed by atoms with Crippen LogP contribution in [-0.4, -0.2) is 66.9 Å². The van der Waals surface area contributed by atoms with E-state index in [0.717, 1.165) is 0 Å². The van der Waals surface area contributed by atoms with Gasteiger partial charge in [-0.15, -0.1) is 0 Å². The second-order valence-electron chi connectivity index (χ2n) is 9.81. The third-order valence-electron chi connectivity index (χ3n) is 7.73. The van der Waals surface area contributed by atoms with Gasteiger partial charge in [-0.2, -0.15) is 0 Å². The zero-order valence-corrected chi connectivity index (χ0v) is 20.9. The number of nitrogens with zero attached hydrogens (tertiary/aromatic N) is 1. The number of Topliss-reactive ketones (excluding diaryl/α,β-unsaturated/α-hetero) is 1. The van der Waals surface area contributed by atoms with Crippen molar-refractivity contribution in [2.75, 3.05) is 27.9 Å². The molecule has 2 aliphatic carbocycles. The normalized spacial score (nSPS) is 27.3. The van der Waals surface area contributed by atoms with Gasteiger partial charge in [0.25, 0.3) is 5.91 Å². The summed E-state index contributed by atoms with van der Waals surface area (Å²) in [7, 11) is 4.51. The van der Waals surface area contributed by atoms with Gasteiger partial charge in [-0.05, 0) is 24.5 Å². The molecule has 1 aromatic heterocycles. The third kappa shape index (κ3) is 2.87. The van der Waals surface area contributed by atoms with E-state index in [-0.39, 0.29) is 23.2 Å². The highest BCUT2D eigenvalue weighted by atomic mass is 16.6. The Labute approximate surface area is 211 Å². The Balaban J connectivity index is 1.37. The number of carbonyl (C=O) groups is 4. The summed E-state index contributed by atoms with van der Waals surface area (Å²) in [6.45, 7) is 3.00. The predicted molar refractivity (Wildman–Crippen MR) is 128 cm³/mol. The van der Waals surface area contributed by atoms with Crippen molar-refractivity contribution in [3.63, 3.8) is 0 Å². The molecule has 4 aliphatic rings. The first-order valence-electron chi connectivity index (χ1n) is 11.8. The summed E-state index contributed by atoms with van der Waals surface area (Å²) >= 11 is 0. The Morgan fingerprint density at radius 2 is 1.81 bits per heavy atom. The monoisotopic (exact) mass is 507 g/mol. The SMILES string of the molecule is COc1cc2cc(C(=O)N3C[C@H]4C[C@@]45C3=CC(=O)C3=C5C(=O)C(C)(OC(C)=O)N3)[nH]c2c(OC)c1OC. The molecule has 6 rings (SSSR count). The number of allylic oxidation sites excluding steroid dienone is 2. The Bertz CT molecular complexity index is 1520. The van der Waals surface area contributed by atoms with Crippen molar-refractivity contribution >= 4 is 34.3 Å². The van der Waals surface area contributed by atoms with Crippen LogP contribution in [-0.2, 0) is 19.1 Å². The number of benzene rings is 1. The molecule has 1 saturated heterocycles. The lowest BCUT2D eigenvalue weighted by Gasteiger charge is -2.27. The summed E-state index contributed by atoms with van der Waals surface area (Å²) in [5, 5.41) is 3.52. The van der Waals surface area contributed by atoms with Gasteiger partial charge in [0.05, 0.1) is 32.5 Å². The number of piperidine rings is 1. The maximum absolute atomic E-state index is 13.7. The number of amides is 1. The zero-order chi connectivity index (χ0) is 26.4. The highest BCUT2D eigenvalue weighted by Gasteiger charge is 2.72. The molecule has 1 amide bonds. The molecular weight excluding hydrogens is 482 g/mol. The average Bonchev–Trinajstić information content (AvgIpc) is 3.11. The molecule has 0 radical (unpaired) electrons. The van der Waals surface area contributed by atoms with Crippen molar-refractivity contribution in [3.05, 3.63) is 40.9 Å². The number of methoxy groups -OCH3 is 3. The van der Waals surface area contributed by atoms with Crippen LogP contribution in [0.5, 0.6) is 17.2 Å². The summed E-state index contributed by atoms with van der Waals surface area (Å²) in [5.74, 6) is -0.652. The lowest BCUT2D eigenvalue weighted by molar-refractivity contribution is -0.163. The van der Waals surface area contributed by atoms with E-state index in [4.69, 9.17) is 18.9 Å². The van der Waals surface area contributed by atoms with Crippen LogP contribution in [0, 0.1) is 11.3 Å². The molecule has 11 heteroatoms. The summed E-state index contributed by atoms with van der Waals surface area (Å²) < 4.78 is 21.7. The van der Waals surface area contributed by atoms with Crippen molar-refractivity contribution in [1.82, 2.24) is 15.2 Å². The highest BCUT2D eigenvalue weighted by Crippen LogP contribution is 2.70. The number of rotatable bonds is 5. The molecule has 1 spiro atoms. The van der Waals surface area contributed by atoms with Crippen LogP contribution < -0.4 is 19.5 Å². The summed E-state index contributed by atoms with van der Waals surface area (Å²) in [4.78, 5) is 56.6. The highest BCUT2D eigenvalue weighted by molar-refractivity contribution is 6.20. The first kappa shape index (κ1) is 23.1. The van der Waals surface area contributed by atoms with E-state index < -0.39 is 28.7 Å². The van der Waals surface area contributed by atoms with Gasteiger partial charge >= 0.3 is 5.97 Å². The predicted octanol–water partition coefficient (Wildman–Crippen LogP) is 1.83. The van der Waals surface area contributed by atoms with Gasteiger partial charge in [0.2, 0.25) is 23.0 Å². The maximum atomic E-state index is 13.7. The Kier molecular flexibility index (Phi) is 4.61. The minimum atomic E-state index is -1.65. The molecule has 0 bridgehead atoms. The number of H-pyrrole nitrogens is 1. The molecule has 192 valence electrons. The fourth-order valence-electron chi connectivity index (χ4n) is 6.14. The topological polar surface area (TPSA) is 136 Å². The van der Waals surface area contributed by atoms with E-state index in [2.05, 4.69) is 10.3 Å². The number of hydrogen-bond donors (Lipinski definition) is 2. The second-order valence-corrected chi connectivity index (χ2v) is 9.81. The van der Waals surface area contributed by atoms with E-state index in [1.54, 1.807) is 17.0 Å². The number of likely N-dealkylation sites (tertiary alicyclic amines) is 1. The zero-order valence-electron chi connectivity index (χ0n) is 20.9. The van der Waals surface area contributed by atoms with E-state index in [9.17, 15) is 19.2 Å². The number of fused-ring (bicyclic) bond motifs is 1. The van der Waals surface area contributed by atoms with E-state index in [0.29, 0.717) is 52.4 Å². The van der Waals surface area contributed by atoms with Gasteiger partial charge in [-0.25, -0.2) is 0 Å². The molecule has 3 heterocycles. The molecule has 2 fully saturated rings. The number of aromatic amines is 1. The molecule has 2 N–H and O–H groups in total. The van der Waals surface area contributed by atoms with Crippen molar-refractivity contribution in [3.8, 4) is 17.2 Å². The first-order valence-corrected chi connectivity index (χ1v) is 11.8. The third-order valence-corrected chi connectivity index (χ3v) is 7.73. The first-order chi connectivity index (χ1) is 17.6. The molecule has 3 atom stereocenters. The fraction of sp³-hybridized carbons (Fsp3) is 0.385. The van der Waals surface area contributed by atoms with Gasteiger partial charge < -0.3 is 34.1 Å². The van der Waals surface area contributed by atoms with Crippen molar-refractivity contribution in [2.24, 2.45) is 11.3 Å². The quantitative estimate of drug-likeness (QED) is 0.581. The number of hydrogen-bond acceptors (Lipinski definition) is 9. The van der Waals surface area contributed by atoms with Crippen LogP contribution in [0.4, 0.5) is 0 Å². The van der Waals surface area contributed by atoms with E-state index in [1.165, 1.54) is 41.3 Å². The average molecular weight is 507 g/mol. The molecule has 2 aliphatic heterocycles. The van der Waals surface area contributed by atoms with Gasteiger partial charge in [0.15, 0.2) is 11.5 Å². The molecule has 1 saturated carbocycles. The fourth-order valence-corrected chi connectivity index (χ4v) is 6.14. The number of carbonyl (C=O) groups excluding carboxylic acids is 4. The lowest BCUT2D eigenvalue weighted by atomic mass is 9.82. The van der Waals surface area contributed by atoms with E-state index in [1.807, 2.05) is 0 Å². The number of esters is 1. The van der Waals surface area contributed by atoms with Crippen LogP contribution in [0.15, 0.2) is 35.2 Å². The molecule has 37 heavy (non-hydrogen) atoms. The van der Waals surface area contributed by atoms with Crippen LogP contribution in [0.3, 0.4) is 0 Å². The Hall–Kier alpha value is -4.28. The number of nitrogens with one attached hydrogen (secondary N) is 2. The second kappa shape index (κ2) is 7.37. The standard InChI is InChI=1S/C26H25N3O8/c1-11(30)37-25(2)23(32)18-20(28-25)15(31)8-17-26(18)9-13(26)10-29(17)24(33)14-6-12-7-16(34-3)21(35-4)22(36-5)19(12)27-14/h6-8,13,27-28H,9-10H2,1-5H3/t13-,25?,26+/m1/s1. The Morgan fingerprint density at radius 3 is 2.46 bits per heavy atom. The minimum absolute atomic E-state index is 0.0228. The molecule has 1 aromatic carbocycles. The number of ketones is 2. The summed E-state index contributed by atoms with van der Waals surface area (Å²) in [5.41, 5.74) is -0.621. The maximum Gasteiger partial charge on any atom is 0.305 e. The minimum Gasteiger partial charge on any atom is -0.493 e. The largest absolute Gasteiger partial charge is 0.493 e. The van der Waals surface area contributed by atoms with Crippen LogP contribution >= 0.6 is 0 Å².